The van der Waals surface area contributed by atoms with Gasteiger partial charge in [0.2, 0.25) is 0 Å². The smallest absolute Gasteiger partial charge is 0.255 e. The zero-order chi connectivity index (χ0) is 16.9. The number of rotatable bonds is 3. The van der Waals surface area contributed by atoms with Gasteiger partial charge in [-0.25, -0.2) is 0 Å². The number of carbonyl (C=O) groups excluding carboxylic acids is 1. The number of hydrogen-bond acceptors (Lipinski definition) is 2. The first kappa shape index (κ1) is 17.5. The number of carbonyl (C=O) groups is 1. The third-order valence-corrected chi connectivity index (χ3v) is 5.10. The average Bonchev–Trinajstić information content (AvgIpc) is 2.80. The number of amides is 1. The van der Waals surface area contributed by atoms with Crippen LogP contribution in [0.1, 0.15) is 22.3 Å². The fourth-order valence-electron chi connectivity index (χ4n) is 3.03. The summed E-state index contributed by atoms with van der Waals surface area (Å²) in [6, 6.07) is 15.7. The molecule has 0 aliphatic carbocycles. The second-order valence-corrected chi connectivity index (χ2v) is 7.35. The number of nitrogens with zero attached hydrogens (tertiary/aromatic N) is 2. The van der Waals surface area contributed by atoms with E-state index in [-0.39, 0.29) is 5.91 Å². The maximum Gasteiger partial charge on any atom is 0.255 e. The molecule has 0 saturated carbocycles. The summed E-state index contributed by atoms with van der Waals surface area (Å²) in [6.45, 7) is 4.30. The van der Waals surface area contributed by atoms with Crippen molar-refractivity contribution >= 4 is 33.4 Å². The van der Waals surface area contributed by atoms with Crippen LogP contribution in [0.2, 0.25) is 5.02 Å². The largest absolute Gasteiger partial charge is 0.337 e. The average molecular weight is 408 g/mol. The van der Waals surface area contributed by atoms with Crippen molar-refractivity contribution < 1.29 is 4.79 Å². The van der Waals surface area contributed by atoms with Crippen molar-refractivity contribution in [3.8, 4) is 0 Å². The van der Waals surface area contributed by atoms with Gasteiger partial charge in [-0.1, -0.05) is 51.8 Å². The predicted octanol–water partition coefficient (Wildman–Crippen LogP) is 4.45. The van der Waals surface area contributed by atoms with Crippen LogP contribution in [-0.2, 0) is 6.54 Å². The predicted molar refractivity (Wildman–Crippen MR) is 101 cm³/mol. The molecule has 3 nitrogen and oxygen atoms in total. The fraction of sp³-hybridized carbons (Fsp3) is 0.316. The lowest BCUT2D eigenvalue weighted by molar-refractivity contribution is 0.0761. The van der Waals surface area contributed by atoms with E-state index in [1.165, 1.54) is 5.56 Å². The fourth-order valence-corrected chi connectivity index (χ4v) is 3.69. The van der Waals surface area contributed by atoms with Crippen LogP contribution >= 0.6 is 27.5 Å². The Balaban J connectivity index is 1.63. The third-order valence-electron chi connectivity index (χ3n) is 4.28. The van der Waals surface area contributed by atoms with Crippen LogP contribution in [-0.4, -0.2) is 41.9 Å². The molecular formula is C19H20BrClN2O. The zero-order valence-electron chi connectivity index (χ0n) is 13.4. The lowest BCUT2D eigenvalue weighted by Gasteiger charge is -2.22. The Hall–Kier alpha value is -1.36. The molecule has 1 amide bonds. The van der Waals surface area contributed by atoms with Gasteiger partial charge in [-0.05, 0) is 36.2 Å². The SMILES string of the molecule is O=C(c1ccccc1Cl)N1CCCN(Cc2cccc(Br)c2)CC1. The van der Waals surface area contributed by atoms with Gasteiger partial charge in [0.25, 0.3) is 5.91 Å². The lowest BCUT2D eigenvalue weighted by atomic mass is 10.2. The Kier molecular flexibility index (Phi) is 5.93. The topological polar surface area (TPSA) is 23.6 Å². The van der Waals surface area contributed by atoms with Crippen LogP contribution in [0.5, 0.6) is 0 Å². The Labute approximate surface area is 156 Å². The molecule has 0 N–H and O–H groups in total. The normalized spacial score (nSPS) is 16.0. The van der Waals surface area contributed by atoms with Crippen LogP contribution in [0.4, 0.5) is 0 Å². The number of hydrogen-bond donors (Lipinski definition) is 0. The molecule has 0 spiro atoms. The standard InChI is InChI=1S/C19H20BrClN2O/c20-16-6-3-5-15(13-16)14-22-9-4-10-23(12-11-22)19(24)17-7-1-2-8-18(17)21/h1-3,5-8,13H,4,9-12,14H2. The Morgan fingerprint density at radius 3 is 2.67 bits per heavy atom. The molecule has 1 aliphatic heterocycles. The van der Waals surface area contributed by atoms with Gasteiger partial charge in [0, 0.05) is 37.2 Å². The maximum absolute atomic E-state index is 12.7. The highest BCUT2D eigenvalue weighted by Gasteiger charge is 2.21. The molecule has 3 rings (SSSR count). The molecule has 1 aliphatic rings. The van der Waals surface area contributed by atoms with Gasteiger partial charge in [0.05, 0.1) is 10.6 Å². The monoisotopic (exact) mass is 406 g/mol. The highest BCUT2D eigenvalue weighted by atomic mass is 79.9. The lowest BCUT2D eigenvalue weighted by Crippen LogP contribution is -2.35. The summed E-state index contributed by atoms with van der Waals surface area (Å²) in [7, 11) is 0. The Bertz CT molecular complexity index is 722. The van der Waals surface area contributed by atoms with E-state index in [1.54, 1.807) is 12.1 Å². The highest BCUT2D eigenvalue weighted by molar-refractivity contribution is 9.10. The number of halogens is 2. The molecule has 0 unspecified atom stereocenters. The van der Waals surface area contributed by atoms with E-state index < -0.39 is 0 Å². The molecule has 0 atom stereocenters. The van der Waals surface area contributed by atoms with E-state index in [0.29, 0.717) is 10.6 Å². The van der Waals surface area contributed by atoms with Gasteiger partial charge in [0.15, 0.2) is 0 Å². The summed E-state index contributed by atoms with van der Waals surface area (Å²) in [4.78, 5) is 17.0. The molecule has 1 saturated heterocycles. The molecule has 0 radical (unpaired) electrons. The zero-order valence-corrected chi connectivity index (χ0v) is 15.8. The quantitative estimate of drug-likeness (QED) is 0.750. The Morgan fingerprint density at radius 1 is 1.04 bits per heavy atom. The summed E-state index contributed by atoms with van der Waals surface area (Å²) < 4.78 is 1.10. The van der Waals surface area contributed by atoms with E-state index in [0.717, 1.165) is 43.6 Å². The highest BCUT2D eigenvalue weighted by Crippen LogP contribution is 2.19. The van der Waals surface area contributed by atoms with E-state index >= 15 is 0 Å². The van der Waals surface area contributed by atoms with E-state index in [2.05, 4.69) is 39.0 Å². The second-order valence-electron chi connectivity index (χ2n) is 6.03. The van der Waals surface area contributed by atoms with Gasteiger partial charge in [-0.2, -0.15) is 0 Å². The summed E-state index contributed by atoms with van der Waals surface area (Å²) in [6.07, 6.45) is 0.976. The number of benzene rings is 2. The van der Waals surface area contributed by atoms with Crippen molar-refractivity contribution in [2.75, 3.05) is 26.2 Å². The van der Waals surface area contributed by atoms with Gasteiger partial charge in [-0.3, -0.25) is 9.69 Å². The first-order chi connectivity index (χ1) is 11.6. The van der Waals surface area contributed by atoms with E-state index in [4.69, 9.17) is 11.6 Å². The summed E-state index contributed by atoms with van der Waals surface area (Å²) in [5.41, 5.74) is 1.88. The Morgan fingerprint density at radius 2 is 1.88 bits per heavy atom. The molecule has 2 aromatic rings. The molecule has 0 bridgehead atoms. The van der Waals surface area contributed by atoms with Crippen molar-refractivity contribution in [2.24, 2.45) is 0 Å². The van der Waals surface area contributed by atoms with Crippen molar-refractivity contribution in [3.05, 3.63) is 69.2 Å². The van der Waals surface area contributed by atoms with Crippen molar-refractivity contribution in [1.82, 2.24) is 9.80 Å². The first-order valence-electron chi connectivity index (χ1n) is 8.14. The minimum atomic E-state index is 0.0323. The van der Waals surface area contributed by atoms with Crippen LogP contribution in [0, 0.1) is 0 Å². The van der Waals surface area contributed by atoms with Crippen LogP contribution in [0.3, 0.4) is 0 Å². The van der Waals surface area contributed by atoms with E-state index in [9.17, 15) is 4.79 Å². The van der Waals surface area contributed by atoms with Gasteiger partial charge in [0.1, 0.15) is 0 Å². The molecule has 0 aromatic heterocycles. The minimum absolute atomic E-state index is 0.0323. The molecule has 1 heterocycles. The molecule has 1 fully saturated rings. The summed E-state index contributed by atoms with van der Waals surface area (Å²) in [5, 5.41) is 0.526. The molecular weight excluding hydrogens is 388 g/mol. The third kappa shape index (κ3) is 4.38. The van der Waals surface area contributed by atoms with Crippen molar-refractivity contribution in [2.45, 2.75) is 13.0 Å². The van der Waals surface area contributed by atoms with Crippen LogP contribution in [0.25, 0.3) is 0 Å². The first-order valence-corrected chi connectivity index (χ1v) is 9.31. The minimum Gasteiger partial charge on any atom is -0.337 e. The second kappa shape index (κ2) is 8.15. The van der Waals surface area contributed by atoms with Gasteiger partial charge >= 0.3 is 0 Å². The van der Waals surface area contributed by atoms with Crippen LogP contribution in [0.15, 0.2) is 53.0 Å². The van der Waals surface area contributed by atoms with E-state index in [1.807, 2.05) is 23.1 Å². The van der Waals surface area contributed by atoms with Crippen molar-refractivity contribution in [3.63, 3.8) is 0 Å². The summed E-state index contributed by atoms with van der Waals surface area (Å²) >= 11 is 9.69. The van der Waals surface area contributed by atoms with Crippen LogP contribution < -0.4 is 0 Å². The van der Waals surface area contributed by atoms with Gasteiger partial charge < -0.3 is 4.90 Å². The molecule has 2 aromatic carbocycles. The van der Waals surface area contributed by atoms with Gasteiger partial charge in [-0.15, -0.1) is 0 Å². The maximum atomic E-state index is 12.7. The molecule has 24 heavy (non-hydrogen) atoms. The van der Waals surface area contributed by atoms with Crippen molar-refractivity contribution in [1.29, 1.82) is 0 Å². The molecule has 5 heteroatoms. The molecule has 126 valence electrons. The summed E-state index contributed by atoms with van der Waals surface area (Å²) in [5.74, 6) is 0.0323.